The predicted molar refractivity (Wildman–Crippen MR) is 77.7 cm³/mol. The molecule has 0 unspecified atom stereocenters. The van der Waals surface area contributed by atoms with Crippen LogP contribution in [0.15, 0.2) is 63.9 Å². The van der Waals surface area contributed by atoms with E-state index in [0.717, 1.165) is 20.9 Å². The molecule has 1 heterocycles. The number of pyridine rings is 1. The molecule has 3 aromatic rings. The SMILES string of the molecule is O=c1[nH]c2ccccc2cc1-c1ccc(Br)cc1. The lowest BCUT2D eigenvalue weighted by Gasteiger charge is -2.03. The monoisotopic (exact) mass is 299 g/mol. The highest BCUT2D eigenvalue weighted by atomic mass is 79.9. The van der Waals surface area contributed by atoms with E-state index in [1.165, 1.54) is 0 Å². The molecule has 88 valence electrons. The van der Waals surface area contributed by atoms with Crippen LogP contribution in [-0.2, 0) is 0 Å². The first-order valence-electron chi connectivity index (χ1n) is 5.62. The van der Waals surface area contributed by atoms with E-state index in [-0.39, 0.29) is 5.56 Å². The van der Waals surface area contributed by atoms with Crippen LogP contribution in [0, 0.1) is 0 Å². The van der Waals surface area contributed by atoms with Gasteiger partial charge in [-0.15, -0.1) is 0 Å². The number of nitrogens with one attached hydrogen (secondary N) is 1. The first-order chi connectivity index (χ1) is 8.74. The minimum Gasteiger partial charge on any atom is -0.321 e. The van der Waals surface area contributed by atoms with Gasteiger partial charge >= 0.3 is 0 Å². The minimum absolute atomic E-state index is 0.0592. The molecule has 0 radical (unpaired) electrons. The van der Waals surface area contributed by atoms with Crippen LogP contribution in [0.25, 0.3) is 22.0 Å². The number of aromatic nitrogens is 1. The Morgan fingerprint density at radius 1 is 0.944 bits per heavy atom. The fourth-order valence-corrected chi connectivity index (χ4v) is 2.26. The Balaban J connectivity index is 2.26. The quantitative estimate of drug-likeness (QED) is 0.725. The summed E-state index contributed by atoms with van der Waals surface area (Å²) in [5.74, 6) is 0. The molecule has 0 saturated heterocycles. The second-order valence-electron chi connectivity index (χ2n) is 4.11. The number of fused-ring (bicyclic) bond motifs is 1. The summed E-state index contributed by atoms with van der Waals surface area (Å²) in [5.41, 5.74) is 2.42. The molecule has 0 amide bonds. The summed E-state index contributed by atoms with van der Waals surface area (Å²) in [5, 5.41) is 1.04. The molecule has 0 spiro atoms. The average Bonchev–Trinajstić information content (AvgIpc) is 2.39. The Hall–Kier alpha value is -1.87. The van der Waals surface area contributed by atoms with E-state index in [4.69, 9.17) is 0 Å². The summed E-state index contributed by atoms with van der Waals surface area (Å²) in [6, 6.07) is 17.4. The highest BCUT2D eigenvalue weighted by molar-refractivity contribution is 9.10. The average molecular weight is 300 g/mol. The van der Waals surface area contributed by atoms with Gasteiger partial charge in [-0.2, -0.15) is 0 Å². The van der Waals surface area contributed by atoms with Gasteiger partial charge in [0.05, 0.1) is 0 Å². The van der Waals surface area contributed by atoms with Crippen LogP contribution in [0.1, 0.15) is 0 Å². The van der Waals surface area contributed by atoms with E-state index in [9.17, 15) is 4.79 Å². The molecule has 0 bridgehead atoms. The van der Waals surface area contributed by atoms with Crippen LogP contribution in [0.3, 0.4) is 0 Å². The van der Waals surface area contributed by atoms with Gasteiger partial charge in [-0.3, -0.25) is 4.79 Å². The van der Waals surface area contributed by atoms with Gasteiger partial charge < -0.3 is 4.98 Å². The van der Waals surface area contributed by atoms with E-state index >= 15 is 0 Å². The minimum atomic E-state index is -0.0592. The van der Waals surface area contributed by atoms with Crippen molar-refractivity contribution in [2.45, 2.75) is 0 Å². The molecule has 3 heteroatoms. The van der Waals surface area contributed by atoms with Crippen molar-refractivity contribution < 1.29 is 0 Å². The lowest BCUT2D eigenvalue weighted by molar-refractivity contribution is 1.31. The molecule has 0 fully saturated rings. The topological polar surface area (TPSA) is 32.9 Å². The van der Waals surface area contributed by atoms with Crippen LogP contribution in [0.5, 0.6) is 0 Å². The van der Waals surface area contributed by atoms with Gasteiger partial charge in [-0.05, 0) is 35.2 Å². The largest absolute Gasteiger partial charge is 0.321 e. The normalized spacial score (nSPS) is 10.7. The number of para-hydroxylation sites is 1. The standard InChI is InChI=1S/C15H10BrNO/c16-12-7-5-10(6-8-12)13-9-11-3-1-2-4-14(11)17-15(13)18/h1-9H,(H,17,18). The van der Waals surface area contributed by atoms with Gasteiger partial charge in [-0.1, -0.05) is 46.3 Å². The molecule has 18 heavy (non-hydrogen) atoms. The molecule has 2 aromatic carbocycles. The lowest BCUT2D eigenvalue weighted by Crippen LogP contribution is -2.08. The van der Waals surface area contributed by atoms with Crippen LogP contribution in [0.2, 0.25) is 0 Å². The van der Waals surface area contributed by atoms with Gasteiger partial charge in [0.1, 0.15) is 0 Å². The molecular weight excluding hydrogens is 290 g/mol. The Morgan fingerprint density at radius 3 is 2.44 bits per heavy atom. The van der Waals surface area contributed by atoms with Crippen molar-refractivity contribution in [3.8, 4) is 11.1 Å². The van der Waals surface area contributed by atoms with E-state index in [0.29, 0.717) is 5.56 Å². The predicted octanol–water partition coefficient (Wildman–Crippen LogP) is 3.96. The van der Waals surface area contributed by atoms with Crippen LogP contribution >= 0.6 is 15.9 Å². The van der Waals surface area contributed by atoms with Crippen molar-refractivity contribution in [2.75, 3.05) is 0 Å². The van der Waals surface area contributed by atoms with Gasteiger partial charge in [-0.25, -0.2) is 0 Å². The fourth-order valence-electron chi connectivity index (χ4n) is 1.99. The maximum Gasteiger partial charge on any atom is 0.256 e. The van der Waals surface area contributed by atoms with Crippen molar-refractivity contribution in [3.05, 3.63) is 69.4 Å². The Bertz CT molecular complexity index is 759. The zero-order chi connectivity index (χ0) is 12.5. The van der Waals surface area contributed by atoms with Gasteiger partial charge in [0.2, 0.25) is 0 Å². The molecule has 0 aliphatic rings. The highest BCUT2D eigenvalue weighted by Gasteiger charge is 2.04. The Morgan fingerprint density at radius 2 is 1.67 bits per heavy atom. The van der Waals surface area contributed by atoms with E-state index in [1.807, 2.05) is 54.6 Å². The third-order valence-electron chi connectivity index (χ3n) is 2.91. The summed E-state index contributed by atoms with van der Waals surface area (Å²) >= 11 is 3.39. The smallest absolute Gasteiger partial charge is 0.256 e. The summed E-state index contributed by atoms with van der Waals surface area (Å²) < 4.78 is 1.00. The highest BCUT2D eigenvalue weighted by Crippen LogP contribution is 2.21. The second-order valence-corrected chi connectivity index (χ2v) is 5.02. The van der Waals surface area contributed by atoms with Crippen LogP contribution < -0.4 is 5.56 Å². The molecule has 0 atom stereocenters. The lowest BCUT2D eigenvalue weighted by atomic mass is 10.1. The number of rotatable bonds is 1. The van der Waals surface area contributed by atoms with Crippen molar-refractivity contribution in [3.63, 3.8) is 0 Å². The summed E-state index contributed by atoms with van der Waals surface area (Å²) in [7, 11) is 0. The summed E-state index contributed by atoms with van der Waals surface area (Å²) in [6.45, 7) is 0. The zero-order valence-corrected chi connectivity index (χ0v) is 11.1. The van der Waals surface area contributed by atoms with Crippen molar-refractivity contribution in [2.24, 2.45) is 0 Å². The molecule has 0 aliphatic carbocycles. The molecule has 0 saturated carbocycles. The maximum absolute atomic E-state index is 12.1. The Kier molecular flexibility index (Phi) is 2.76. The molecule has 1 aromatic heterocycles. The number of benzene rings is 2. The van der Waals surface area contributed by atoms with E-state index in [1.54, 1.807) is 0 Å². The number of hydrogen-bond acceptors (Lipinski definition) is 1. The maximum atomic E-state index is 12.1. The second kappa shape index (κ2) is 4.42. The van der Waals surface area contributed by atoms with Gasteiger partial charge in [0, 0.05) is 15.6 Å². The van der Waals surface area contributed by atoms with Crippen molar-refractivity contribution in [1.29, 1.82) is 0 Å². The fraction of sp³-hybridized carbons (Fsp3) is 0. The van der Waals surface area contributed by atoms with E-state index < -0.39 is 0 Å². The number of aromatic amines is 1. The van der Waals surface area contributed by atoms with Gasteiger partial charge in [0.25, 0.3) is 5.56 Å². The zero-order valence-electron chi connectivity index (χ0n) is 9.48. The number of H-pyrrole nitrogens is 1. The molecule has 0 aliphatic heterocycles. The summed E-state index contributed by atoms with van der Waals surface area (Å²) in [4.78, 5) is 15.0. The molecule has 3 rings (SSSR count). The van der Waals surface area contributed by atoms with Crippen LogP contribution in [0.4, 0.5) is 0 Å². The third kappa shape index (κ3) is 1.97. The molecule has 1 N–H and O–H groups in total. The van der Waals surface area contributed by atoms with Crippen molar-refractivity contribution in [1.82, 2.24) is 4.98 Å². The first-order valence-corrected chi connectivity index (χ1v) is 6.41. The van der Waals surface area contributed by atoms with Crippen LogP contribution in [-0.4, -0.2) is 4.98 Å². The van der Waals surface area contributed by atoms with Crippen molar-refractivity contribution >= 4 is 26.8 Å². The molecule has 2 nitrogen and oxygen atoms in total. The van der Waals surface area contributed by atoms with Gasteiger partial charge in [0.15, 0.2) is 0 Å². The number of hydrogen-bond donors (Lipinski definition) is 1. The third-order valence-corrected chi connectivity index (χ3v) is 3.44. The first kappa shape index (κ1) is 11.2. The Labute approximate surface area is 112 Å². The molecular formula is C15H10BrNO. The van der Waals surface area contributed by atoms with E-state index in [2.05, 4.69) is 20.9 Å². The number of halogens is 1. The summed E-state index contributed by atoms with van der Waals surface area (Å²) in [6.07, 6.45) is 0.